The van der Waals surface area contributed by atoms with Crippen molar-refractivity contribution in [1.29, 1.82) is 0 Å². The van der Waals surface area contributed by atoms with Gasteiger partial charge < -0.3 is 14.4 Å². The summed E-state index contributed by atoms with van der Waals surface area (Å²) < 4.78 is 66.4. The molecule has 752 valence electrons. The van der Waals surface area contributed by atoms with E-state index in [-0.39, 0.29) is 34.1 Å². The number of methoxy groups -OCH3 is 1. The van der Waals surface area contributed by atoms with E-state index in [2.05, 4.69) is 142 Å². The number of aryl methyl sites for hydroxylation is 5. The van der Waals surface area contributed by atoms with Crippen LogP contribution in [-0.4, -0.2) is 214 Å². The van der Waals surface area contributed by atoms with Crippen molar-refractivity contribution in [2.75, 3.05) is 98.4 Å². The molecule has 18 nitrogen and oxygen atoms in total. The molecule has 8 fully saturated rings. The van der Waals surface area contributed by atoms with E-state index in [1.54, 1.807) is 89.4 Å². The first kappa shape index (κ1) is 111. The maximum atomic E-state index is 13.6. The summed E-state index contributed by atoms with van der Waals surface area (Å²) in [6.07, 6.45) is 41.0. The van der Waals surface area contributed by atoms with Gasteiger partial charge in [0.25, 0.3) is 0 Å². The van der Waals surface area contributed by atoms with Gasteiger partial charge in [-0.25, -0.2) is 16.8 Å². The van der Waals surface area contributed by atoms with Crippen LogP contribution in [0.1, 0.15) is 302 Å². The minimum Gasteiger partial charge on any atom is -0.496 e. The molecule has 0 aromatic heterocycles. The van der Waals surface area contributed by atoms with Gasteiger partial charge in [-0.1, -0.05) is 228 Å². The Morgan fingerprint density at radius 1 is 0.409 bits per heavy atom. The topological polar surface area (TPSA) is 195 Å². The van der Waals surface area contributed by atoms with Gasteiger partial charge in [0.1, 0.15) is 34.6 Å². The van der Waals surface area contributed by atoms with Crippen LogP contribution in [0.3, 0.4) is 0 Å². The van der Waals surface area contributed by atoms with Crippen LogP contribution in [0.5, 0.6) is 11.5 Å². The van der Waals surface area contributed by atoms with Gasteiger partial charge in [0.05, 0.1) is 29.1 Å². The van der Waals surface area contributed by atoms with E-state index in [1.807, 2.05) is 57.2 Å². The highest BCUT2D eigenvalue weighted by atomic mass is 32.2. The number of hydrogen-bond acceptors (Lipinski definition) is 17. The Bertz CT molecular complexity index is 5010. The van der Waals surface area contributed by atoms with Crippen molar-refractivity contribution in [3.05, 3.63) is 226 Å². The molecule has 137 heavy (non-hydrogen) atoms. The summed E-state index contributed by atoms with van der Waals surface area (Å²) in [5.41, 5.74) is 11.5. The SMILES string of the molecule is CC(=O)CC1CCCCCN1CC1CC1.CC(=O)CC1CCCCCN1CCc1cccc(C)c1.CCCCN1CC2(CCCCC2)CCCC1CC(C)=O.COc1cc(CCN2CCCCCC2CC(C)=O)ccc1C.Cc1ccc(CN2CCCCN(S(=O)(=O)c3ccc(C)cc3)CC2CS(=O)(=O)c2ccccc2)cc1.Cc1cccc(OC(=O)C[C@H]2CC[C@@H](c3ccccc3)CN2C)c1. The number of rotatable bonds is 31. The van der Waals surface area contributed by atoms with Crippen LogP contribution in [0.25, 0.3) is 0 Å². The summed E-state index contributed by atoms with van der Waals surface area (Å²) in [5.74, 6) is 4.20. The van der Waals surface area contributed by atoms with Crippen molar-refractivity contribution < 1.29 is 50.3 Å². The van der Waals surface area contributed by atoms with Gasteiger partial charge in [0.15, 0.2) is 9.84 Å². The van der Waals surface area contributed by atoms with Crippen LogP contribution >= 0.6 is 0 Å². The molecule has 7 aromatic rings. The zero-order chi connectivity index (χ0) is 98.1. The number of ketones is 4. The second-order valence-corrected chi connectivity index (χ2v) is 45.7. The van der Waals surface area contributed by atoms with Gasteiger partial charge >= 0.3 is 5.97 Å². The summed E-state index contributed by atoms with van der Waals surface area (Å²) in [6, 6.07) is 58.7. The predicted octanol–water partition coefficient (Wildman–Crippen LogP) is 23.3. The van der Waals surface area contributed by atoms with E-state index in [1.165, 1.54) is 206 Å². The van der Waals surface area contributed by atoms with Crippen LogP contribution in [0, 0.1) is 46.0 Å². The molecular weight excluding hydrogens is 1740 g/mol. The Hall–Kier alpha value is -7.89. The van der Waals surface area contributed by atoms with Crippen LogP contribution in [0.4, 0.5) is 0 Å². The third-order valence-corrected chi connectivity index (χ3v) is 33.5. The van der Waals surface area contributed by atoms with Gasteiger partial charge in [0.2, 0.25) is 10.0 Å². The molecule has 1 spiro atoms. The Balaban J connectivity index is 0.000000173. The van der Waals surface area contributed by atoms with Crippen molar-refractivity contribution >= 4 is 49.0 Å². The molecular formula is C117H171N7O11S2. The molecule has 0 radical (unpaired) electrons. The van der Waals surface area contributed by atoms with Crippen LogP contribution < -0.4 is 9.47 Å². The Morgan fingerprint density at radius 2 is 0.905 bits per heavy atom. The molecule has 2 aliphatic carbocycles. The van der Waals surface area contributed by atoms with E-state index in [9.17, 15) is 40.8 Å². The fourth-order valence-corrected chi connectivity index (χ4v) is 24.9. The first-order chi connectivity index (χ1) is 65.9. The highest BCUT2D eigenvalue weighted by Crippen LogP contribution is 2.45. The minimum absolute atomic E-state index is 0.119. The van der Waals surface area contributed by atoms with Crippen molar-refractivity contribution in [2.24, 2.45) is 11.3 Å². The fourth-order valence-electron chi connectivity index (χ4n) is 21.8. The molecule has 7 aromatic carbocycles. The standard InChI is InChI=1S/C28H34N2O4S2.C21H25NO2.C19H29NO2.C18H27NO.C18H33NO.C13H23NO/c1-23-10-14-25(15-11-23)20-29-18-6-7-19-30(36(33,34)28-16-12-24(2)13-17-28)21-26(29)22-35(31,32)27-8-4-3-5-9-27;1-16-7-6-10-20(13-16)24-21(23)14-19-12-11-18(15-22(19)2)17-8-4-3-5-9-17;1-15-8-9-17(14-19(15)22-3)10-12-20-11-6-4-5-7-18(20)13-16(2)21;1-15-7-6-8-17(13-15)10-12-19-11-5-3-4-9-18(19)14-16(2)20;1-3-4-13-19-15-18(10-6-5-7-11-18)12-8-9-17(19)14-16(2)20;1-11(15)9-13-5-3-2-4-8-14(13)10-12-6-7-12/h3-5,8-17,26H,6-7,18-22H2,1-2H3;3-10,13,18-19H,11-12,14-15H2,1-2H3;8-9,14,18H,4-7,10-13H2,1-3H3;6-8,13,18H,3-5,9-12,14H2,1-2H3;17H,3-15H2,1-2H3;12-13H,2-10H2,1H3/t;18-,19-;;;;/m.1..../s1. The number of piperidine rings is 1. The molecule has 7 atom stereocenters. The highest BCUT2D eigenvalue weighted by molar-refractivity contribution is 7.91. The van der Waals surface area contributed by atoms with E-state index in [0.29, 0.717) is 103 Å². The lowest BCUT2D eigenvalue weighted by atomic mass is 9.71. The van der Waals surface area contributed by atoms with Crippen LogP contribution in [-0.2, 0) is 63.2 Å². The lowest BCUT2D eigenvalue weighted by Crippen LogP contribution is -2.51. The quantitative estimate of drug-likeness (QED) is 0.0294. The molecule has 15 rings (SSSR count). The summed E-state index contributed by atoms with van der Waals surface area (Å²) in [4.78, 5) is 73.4. The predicted molar refractivity (Wildman–Crippen MR) is 561 cm³/mol. The highest BCUT2D eigenvalue weighted by Gasteiger charge is 2.40. The monoisotopic (exact) mass is 1910 g/mol. The van der Waals surface area contributed by atoms with Gasteiger partial charge in [-0.3, -0.25) is 48.5 Å². The zero-order valence-electron chi connectivity index (χ0n) is 85.9. The summed E-state index contributed by atoms with van der Waals surface area (Å²) in [7, 11) is -3.55. The number of hydrogen-bond donors (Lipinski definition) is 0. The number of Topliss-reactive ketones (excluding diaryl/α,β-unsaturated/α-hetero) is 4. The number of carbonyl (C=O) groups excluding carboxylic acids is 5. The van der Waals surface area contributed by atoms with Crippen LogP contribution in [0.15, 0.2) is 186 Å². The number of sulfone groups is 1. The van der Waals surface area contributed by atoms with E-state index < -0.39 is 25.9 Å². The third kappa shape index (κ3) is 38.8. The molecule has 8 aliphatic rings. The number of benzene rings is 7. The van der Waals surface area contributed by atoms with E-state index in [0.717, 1.165) is 124 Å². The lowest BCUT2D eigenvalue weighted by Gasteiger charge is -2.41. The van der Waals surface area contributed by atoms with Gasteiger partial charge in [-0.05, 0) is 317 Å². The van der Waals surface area contributed by atoms with Crippen LogP contribution in [0.2, 0.25) is 0 Å². The van der Waals surface area contributed by atoms with Crippen molar-refractivity contribution in [3.63, 3.8) is 0 Å². The van der Waals surface area contributed by atoms with Gasteiger partial charge in [-0.2, -0.15) is 4.31 Å². The normalized spacial score (nSPS) is 21.9. The van der Waals surface area contributed by atoms with E-state index >= 15 is 0 Å². The molecule has 6 heterocycles. The Morgan fingerprint density at radius 3 is 1.46 bits per heavy atom. The molecule has 6 aliphatic heterocycles. The van der Waals surface area contributed by atoms with E-state index in [4.69, 9.17) is 9.47 Å². The lowest BCUT2D eigenvalue weighted by molar-refractivity contribution is -0.136. The largest absolute Gasteiger partial charge is 0.496 e. The second kappa shape index (κ2) is 57.9. The number of carbonyl (C=O) groups is 5. The minimum atomic E-state index is -3.76. The molecule has 6 saturated heterocycles. The molecule has 0 N–H and O–H groups in total. The number of nitrogens with zero attached hydrogens (tertiary/aromatic N) is 7. The Labute approximate surface area is 827 Å². The number of unbranched alkanes of at least 4 members (excludes halogenated alkanes) is 1. The maximum Gasteiger partial charge on any atom is 0.312 e. The molecule has 5 unspecified atom stereocenters. The number of likely N-dealkylation sites (tertiary alicyclic amines) is 5. The number of likely N-dealkylation sites (N-methyl/N-ethyl adjacent to an activating group) is 1. The van der Waals surface area contributed by atoms with Crippen molar-refractivity contribution in [2.45, 2.75) is 352 Å². The Kier molecular flexibility index (Phi) is 46.9. The molecule has 2 saturated carbocycles. The smallest absolute Gasteiger partial charge is 0.312 e. The number of esters is 1. The van der Waals surface area contributed by atoms with Gasteiger partial charge in [-0.15, -0.1) is 0 Å². The summed E-state index contributed by atoms with van der Waals surface area (Å²) in [5, 5.41) is 0. The fraction of sp³-hybridized carbons (Fsp3) is 0.598. The number of sulfonamides is 1. The van der Waals surface area contributed by atoms with Crippen molar-refractivity contribution in [1.82, 2.24) is 33.7 Å². The molecule has 0 bridgehead atoms. The molecule has 20 heteroatoms. The average Bonchev–Trinajstić information content (AvgIpc) is 1.000. The maximum absolute atomic E-state index is 13.6. The third-order valence-electron chi connectivity index (χ3n) is 29.8. The summed E-state index contributed by atoms with van der Waals surface area (Å²) in [6.45, 7) is 31.5. The first-order valence-corrected chi connectivity index (χ1v) is 55.8. The number of ether oxygens (including phenoxy) is 2. The average molecular weight is 1920 g/mol. The van der Waals surface area contributed by atoms with Crippen molar-refractivity contribution in [3.8, 4) is 11.5 Å². The second-order valence-electron chi connectivity index (χ2n) is 41.7. The molecule has 0 amide bonds. The first-order valence-electron chi connectivity index (χ1n) is 52.7. The van der Waals surface area contributed by atoms with Gasteiger partial charge in [0, 0.05) is 114 Å². The summed E-state index contributed by atoms with van der Waals surface area (Å²) >= 11 is 0. The zero-order valence-corrected chi connectivity index (χ0v) is 87.6.